The average Bonchev–Trinajstić information content (AvgIpc) is 3.22. The minimum Gasteiger partial charge on any atom is -0.379 e. The van der Waals surface area contributed by atoms with Crippen molar-refractivity contribution in [2.24, 2.45) is 0 Å². The van der Waals surface area contributed by atoms with E-state index in [1.807, 2.05) is 33.9 Å². The van der Waals surface area contributed by atoms with Gasteiger partial charge in [0.25, 0.3) is 0 Å². The topological polar surface area (TPSA) is 62.1 Å². The number of aromatic nitrogens is 2. The van der Waals surface area contributed by atoms with E-state index in [1.54, 1.807) is 0 Å². The Kier molecular flexibility index (Phi) is 4.96. The first kappa shape index (κ1) is 16.5. The van der Waals surface area contributed by atoms with Crippen LogP contribution in [0.4, 0.5) is 0 Å². The molecule has 0 unspecified atom stereocenters. The third-order valence-corrected chi connectivity index (χ3v) is 5.09. The molecular weight excluding hydrogens is 318 g/mol. The molecule has 2 aromatic rings. The van der Waals surface area contributed by atoms with Crippen molar-refractivity contribution in [2.45, 2.75) is 19.0 Å². The molecule has 7 heteroatoms. The van der Waals surface area contributed by atoms with Gasteiger partial charge in [0, 0.05) is 63.5 Å². The Morgan fingerprint density at radius 1 is 1.24 bits per heavy atom. The third-order valence-electron chi connectivity index (χ3n) is 5.09. The minimum absolute atomic E-state index is 0.218. The lowest BCUT2D eigenvalue weighted by molar-refractivity contribution is -0.128. The lowest BCUT2D eigenvalue weighted by atomic mass is 10.2. The molecule has 0 spiro atoms. The van der Waals surface area contributed by atoms with Crippen molar-refractivity contribution in [1.29, 1.82) is 0 Å². The van der Waals surface area contributed by atoms with Crippen LogP contribution in [0.2, 0.25) is 0 Å². The fraction of sp³-hybridized carbons (Fsp3) is 0.556. The van der Waals surface area contributed by atoms with Gasteiger partial charge >= 0.3 is 0 Å². The van der Waals surface area contributed by atoms with E-state index in [1.165, 1.54) is 5.56 Å². The summed E-state index contributed by atoms with van der Waals surface area (Å²) in [6, 6.07) is 6.28. The van der Waals surface area contributed by atoms with Crippen molar-refractivity contribution < 1.29 is 9.53 Å². The van der Waals surface area contributed by atoms with E-state index in [-0.39, 0.29) is 11.9 Å². The Balaban J connectivity index is 1.27. The van der Waals surface area contributed by atoms with Crippen LogP contribution in [0.25, 0.3) is 5.52 Å². The van der Waals surface area contributed by atoms with Crippen molar-refractivity contribution >= 4 is 11.4 Å². The molecular formula is C18H25N5O2. The van der Waals surface area contributed by atoms with Crippen molar-refractivity contribution in [3.05, 3.63) is 36.2 Å². The number of nitrogens with zero attached hydrogens (tertiary/aromatic N) is 4. The summed E-state index contributed by atoms with van der Waals surface area (Å²) in [5, 5.41) is 7.88. The third kappa shape index (κ3) is 3.84. The predicted octanol–water partition coefficient (Wildman–Crippen LogP) is 0.357. The molecule has 0 aliphatic carbocycles. The number of ether oxygens (including phenoxy) is 1. The highest BCUT2D eigenvalue weighted by Gasteiger charge is 2.29. The van der Waals surface area contributed by atoms with Gasteiger partial charge in [0.2, 0.25) is 5.91 Å². The lowest BCUT2D eigenvalue weighted by Crippen LogP contribution is -2.42. The van der Waals surface area contributed by atoms with E-state index in [0.717, 1.165) is 58.0 Å². The van der Waals surface area contributed by atoms with Crippen molar-refractivity contribution in [1.82, 2.24) is 24.7 Å². The summed E-state index contributed by atoms with van der Waals surface area (Å²) in [6.45, 7) is 6.83. The first-order valence-electron chi connectivity index (χ1n) is 9.02. The molecule has 7 nitrogen and oxygen atoms in total. The zero-order chi connectivity index (χ0) is 17.1. The number of fused-ring (bicyclic) bond motifs is 1. The largest absolute Gasteiger partial charge is 0.379 e. The summed E-state index contributed by atoms with van der Waals surface area (Å²) in [5.74, 6) is 0.255. The number of carbonyl (C=O) groups is 1. The molecule has 2 aliphatic heterocycles. The van der Waals surface area contributed by atoms with Gasteiger partial charge in [0.15, 0.2) is 0 Å². The van der Waals surface area contributed by atoms with Gasteiger partial charge in [0.05, 0.1) is 24.9 Å². The van der Waals surface area contributed by atoms with Gasteiger partial charge in [-0.1, -0.05) is 6.07 Å². The van der Waals surface area contributed by atoms with Gasteiger partial charge in [-0.2, -0.15) is 5.10 Å². The van der Waals surface area contributed by atoms with Gasteiger partial charge in [-0.25, -0.2) is 4.52 Å². The summed E-state index contributed by atoms with van der Waals surface area (Å²) in [6.07, 6.45) is 4.43. The fourth-order valence-electron chi connectivity index (χ4n) is 3.59. The maximum absolute atomic E-state index is 12.3. The van der Waals surface area contributed by atoms with E-state index >= 15 is 0 Å². The van der Waals surface area contributed by atoms with Gasteiger partial charge in [-0.05, 0) is 12.1 Å². The first-order chi connectivity index (χ1) is 12.3. The molecule has 0 saturated carbocycles. The SMILES string of the molecule is O=C1C[C@@H](NCc2cnn3ccccc23)CN1CCN1CCOCC1. The second-order valence-electron chi connectivity index (χ2n) is 6.78. The molecule has 4 heterocycles. The Morgan fingerprint density at radius 2 is 2.12 bits per heavy atom. The van der Waals surface area contributed by atoms with Crippen molar-refractivity contribution in [2.75, 3.05) is 45.9 Å². The number of nitrogens with one attached hydrogen (secondary N) is 1. The fourth-order valence-corrected chi connectivity index (χ4v) is 3.59. The molecule has 1 atom stereocenters. The number of carbonyl (C=O) groups excluding carboxylic acids is 1. The van der Waals surface area contributed by atoms with Crippen molar-refractivity contribution in [3.8, 4) is 0 Å². The van der Waals surface area contributed by atoms with Gasteiger partial charge in [-0.15, -0.1) is 0 Å². The second-order valence-corrected chi connectivity index (χ2v) is 6.78. The van der Waals surface area contributed by atoms with Crippen LogP contribution < -0.4 is 5.32 Å². The lowest BCUT2D eigenvalue weighted by Gasteiger charge is -2.28. The predicted molar refractivity (Wildman–Crippen MR) is 94.3 cm³/mol. The van der Waals surface area contributed by atoms with Gasteiger partial charge in [0.1, 0.15) is 0 Å². The highest BCUT2D eigenvalue weighted by molar-refractivity contribution is 5.79. The second kappa shape index (κ2) is 7.51. The van der Waals surface area contributed by atoms with Crippen LogP contribution in [-0.4, -0.2) is 77.3 Å². The van der Waals surface area contributed by atoms with E-state index in [2.05, 4.69) is 21.4 Å². The molecule has 2 aliphatic rings. The highest BCUT2D eigenvalue weighted by atomic mass is 16.5. The summed E-state index contributed by atoms with van der Waals surface area (Å²) < 4.78 is 7.25. The number of hydrogen-bond donors (Lipinski definition) is 1. The zero-order valence-electron chi connectivity index (χ0n) is 14.4. The minimum atomic E-state index is 0.218. The molecule has 4 rings (SSSR count). The molecule has 134 valence electrons. The van der Waals surface area contributed by atoms with Crippen molar-refractivity contribution in [3.63, 3.8) is 0 Å². The van der Waals surface area contributed by atoms with Crippen LogP contribution in [0.3, 0.4) is 0 Å². The van der Waals surface area contributed by atoms with Crippen LogP contribution in [0, 0.1) is 0 Å². The van der Waals surface area contributed by atoms with Crippen LogP contribution >= 0.6 is 0 Å². The summed E-state index contributed by atoms with van der Waals surface area (Å²) in [7, 11) is 0. The number of rotatable bonds is 6. The molecule has 0 aromatic carbocycles. The number of pyridine rings is 1. The quantitative estimate of drug-likeness (QED) is 0.820. The number of likely N-dealkylation sites (tertiary alicyclic amines) is 1. The Hall–Kier alpha value is -1.96. The highest BCUT2D eigenvalue weighted by Crippen LogP contribution is 2.14. The summed E-state index contributed by atoms with van der Waals surface area (Å²) in [5.41, 5.74) is 2.28. The standard InChI is InChI=1S/C18H25N5O2/c24-18-11-16(14-22(18)6-5-21-7-9-25-10-8-21)19-12-15-13-20-23-4-2-1-3-17(15)23/h1-4,13,16,19H,5-12,14H2/t16-/m1/s1. The van der Waals surface area contributed by atoms with Crippen LogP contribution in [0.1, 0.15) is 12.0 Å². The number of hydrogen-bond acceptors (Lipinski definition) is 5. The van der Waals surface area contributed by atoms with Crippen LogP contribution in [-0.2, 0) is 16.1 Å². The molecule has 0 bridgehead atoms. The zero-order valence-corrected chi connectivity index (χ0v) is 14.4. The van der Waals surface area contributed by atoms with E-state index < -0.39 is 0 Å². The van der Waals surface area contributed by atoms with E-state index in [0.29, 0.717) is 6.42 Å². The molecule has 1 N–H and O–H groups in total. The molecule has 25 heavy (non-hydrogen) atoms. The van der Waals surface area contributed by atoms with E-state index in [9.17, 15) is 4.79 Å². The Morgan fingerprint density at radius 3 is 3.00 bits per heavy atom. The average molecular weight is 343 g/mol. The van der Waals surface area contributed by atoms with Gasteiger partial charge < -0.3 is 15.0 Å². The number of morpholine rings is 1. The Labute approximate surface area is 147 Å². The molecule has 1 amide bonds. The molecule has 2 aromatic heterocycles. The monoisotopic (exact) mass is 343 g/mol. The summed E-state index contributed by atoms with van der Waals surface area (Å²) >= 11 is 0. The summed E-state index contributed by atoms with van der Waals surface area (Å²) in [4.78, 5) is 16.6. The number of amides is 1. The Bertz CT molecular complexity index is 725. The van der Waals surface area contributed by atoms with Crippen LogP contribution in [0.5, 0.6) is 0 Å². The molecule has 0 radical (unpaired) electrons. The van der Waals surface area contributed by atoms with E-state index in [4.69, 9.17) is 4.74 Å². The van der Waals surface area contributed by atoms with Gasteiger partial charge in [-0.3, -0.25) is 9.69 Å². The normalized spacial score (nSPS) is 22.2. The first-order valence-corrected chi connectivity index (χ1v) is 9.02. The van der Waals surface area contributed by atoms with Crippen LogP contribution in [0.15, 0.2) is 30.6 Å². The smallest absolute Gasteiger partial charge is 0.224 e. The maximum Gasteiger partial charge on any atom is 0.224 e. The maximum atomic E-state index is 12.3. The molecule has 2 fully saturated rings. The molecule has 2 saturated heterocycles.